The highest BCUT2D eigenvalue weighted by Crippen LogP contribution is 2.33. The van der Waals surface area contributed by atoms with Gasteiger partial charge in [0, 0.05) is 55.1 Å². The maximum atomic E-state index is 14.3. The molecular formula is C48H74N8O8S. The van der Waals surface area contributed by atoms with Crippen molar-refractivity contribution in [3.8, 4) is 0 Å². The van der Waals surface area contributed by atoms with E-state index in [0.29, 0.717) is 25.1 Å². The third kappa shape index (κ3) is 19.0. The maximum absolute atomic E-state index is 14.3. The number of H-pyrrole nitrogens is 1. The number of hydrogen-bond donors (Lipinski definition) is 9. The number of unbranched alkanes of at least 4 members (excludes halogenated alkanes) is 9. The highest BCUT2D eigenvalue weighted by molar-refractivity contribution is 8.00. The molecule has 2 saturated heterocycles. The summed E-state index contributed by atoms with van der Waals surface area (Å²) in [6.45, 7) is 0.499. The molecule has 6 amide bonds. The van der Waals surface area contributed by atoms with Gasteiger partial charge in [-0.15, -0.1) is 0 Å². The molecule has 65 heavy (non-hydrogen) atoms. The standard InChI is InChI=1S/C48H74N8O8S/c57-40(29-43(59)50-25-17-7-5-3-1-2-4-6-14-24-44(60)61)36(26-33-18-10-8-11-19-33)53-47(63)38(28-35-30-49-32-51-35)54-46(62)37(27-34-20-12-9-13-21-34)52-42(58)23-16-15-22-41-45-39(31-65-41)55-48(64)56-45/h9,12-13,20-21,30,32-33,36-41,45,57H,1-8,10-11,14-19,22-29,31H2,(H,49,51)(H,50,59)(H,52,58)(H,53,63)(H,54,62)(H,60,61)(H2,55,56,64)/t36-,37-,38-,39?,40-,41?,45?/m0/s1. The number of aliphatic carboxylic acids is 1. The number of carboxylic acid groups (broad SMARTS) is 1. The van der Waals surface area contributed by atoms with Gasteiger partial charge in [-0.1, -0.05) is 114 Å². The molecule has 1 saturated carbocycles. The van der Waals surface area contributed by atoms with Gasteiger partial charge < -0.3 is 47.1 Å². The van der Waals surface area contributed by atoms with Gasteiger partial charge in [-0.05, 0) is 43.6 Å². The molecule has 2 aliphatic heterocycles. The van der Waals surface area contributed by atoms with Crippen molar-refractivity contribution in [1.29, 1.82) is 0 Å². The van der Waals surface area contributed by atoms with Crippen LogP contribution < -0.4 is 31.9 Å². The SMILES string of the molecule is O=C(O)CCCCCCCCCCCNC(=O)C[C@H](O)[C@H](CC1CCCCC1)NC(=O)[C@H](Cc1cnc[nH]1)NC(=O)[C@H](Cc1ccccc1)NC(=O)CCCCC1SCC2NC(=O)NC21. The molecule has 0 spiro atoms. The molecule has 16 nitrogen and oxygen atoms in total. The van der Waals surface area contributed by atoms with Gasteiger partial charge in [-0.2, -0.15) is 11.8 Å². The van der Waals surface area contributed by atoms with E-state index in [0.717, 1.165) is 114 Å². The fourth-order valence-corrected chi connectivity index (χ4v) is 10.9. The van der Waals surface area contributed by atoms with E-state index in [1.807, 2.05) is 42.1 Å². The van der Waals surface area contributed by atoms with E-state index in [1.54, 1.807) is 6.20 Å². The summed E-state index contributed by atoms with van der Waals surface area (Å²) in [5.41, 5.74) is 1.46. The lowest BCUT2D eigenvalue weighted by molar-refractivity contribution is -0.137. The number of carboxylic acids is 1. The fraction of sp³-hybridized carbons (Fsp3) is 0.688. The maximum Gasteiger partial charge on any atom is 0.315 e. The Kier molecular flexibility index (Phi) is 22.4. The van der Waals surface area contributed by atoms with E-state index in [2.05, 4.69) is 41.9 Å². The highest BCUT2D eigenvalue weighted by atomic mass is 32.2. The Morgan fingerprint density at radius 3 is 2.15 bits per heavy atom. The van der Waals surface area contributed by atoms with E-state index >= 15 is 0 Å². The number of nitrogens with zero attached hydrogens (tertiary/aromatic N) is 1. The number of thioether (sulfide) groups is 1. The molecule has 2 aromatic rings. The van der Waals surface area contributed by atoms with Gasteiger partial charge >= 0.3 is 12.0 Å². The summed E-state index contributed by atoms with van der Waals surface area (Å²) in [4.78, 5) is 84.6. The van der Waals surface area contributed by atoms with Crippen molar-refractivity contribution in [2.45, 2.75) is 189 Å². The minimum Gasteiger partial charge on any atom is -0.481 e. The number of carbonyl (C=O) groups excluding carboxylic acids is 5. The summed E-state index contributed by atoms with van der Waals surface area (Å²) >= 11 is 1.83. The highest BCUT2D eigenvalue weighted by Gasteiger charge is 2.42. The number of aromatic amines is 1. The molecule has 360 valence electrons. The zero-order chi connectivity index (χ0) is 46.2. The quantitative estimate of drug-likeness (QED) is 0.0354. The van der Waals surface area contributed by atoms with Crippen molar-refractivity contribution >= 4 is 47.4 Å². The van der Waals surface area contributed by atoms with E-state index in [4.69, 9.17) is 5.11 Å². The normalized spacial score (nSPS) is 20.1. The zero-order valence-electron chi connectivity index (χ0n) is 38.0. The monoisotopic (exact) mass is 923 g/mol. The Balaban J connectivity index is 1.14. The van der Waals surface area contributed by atoms with E-state index < -0.39 is 42.0 Å². The molecule has 17 heteroatoms. The van der Waals surface area contributed by atoms with Crippen LogP contribution in [0.1, 0.15) is 146 Å². The largest absolute Gasteiger partial charge is 0.481 e. The zero-order valence-corrected chi connectivity index (χ0v) is 38.9. The number of nitrogens with one attached hydrogen (secondary N) is 7. The van der Waals surface area contributed by atoms with Crippen LogP contribution in [-0.2, 0) is 36.8 Å². The van der Waals surface area contributed by atoms with Crippen LogP contribution in [0.5, 0.6) is 0 Å². The molecule has 3 heterocycles. The first-order valence-electron chi connectivity index (χ1n) is 24.3. The van der Waals surface area contributed by atoms with Crippen molar-refractivity contribution in [3.05, 3.63) is 54.1 Å². The molecule has 3 aliphatic rings. The number of benzene rings is 1. The number of hydrogen-bond acceptors (Lipinski definition) is 9. The first-order valence-corrected chi connectivity index (χ1v) is 25.4. The smallest absolute Gasteiger partial charge is 0.315 e. The van der Waals surface area contributed by atoms with Crippen LogP contribution >= 0.6 is 11.8 Å². The summed E-state index contributed by atoms with van der Waals surface area (Å²) in [6.07, 6.45) is 19.4. The number of aromatic nitrogens is 2. The van der Waals surface area contributed by atoms with Crippen LogP contribution in [0.25, 0.3) is 0 Å². The number of aliphatic hydroxyl groups excluding tert-OH is 1. The van der Waals surface area contributed by atoms with E-state index in [-0.39, 0.29) is 73.2 Å². The van der Waals surface area contributed by atoms with Crippen molar-refractivity contribution in [2.75, 3.05) is 12.3 Å². The van der Waals surface area contributed by atoms with Crippen LogP contribution in [0, 0.1) is 5.92 Å². The summed E-state index contributed by atoms with van der Waals surface area (Å²) in [6, 6.07) is 6.72. The molecule has 1 aromatic carbocycles. The van der Waals surface area contributed by atoms with Crippen molar-refractivity contribution in [1.82, 2.24) is 41.9 Å². The molecular weight excluding hydrogens is 849 g/mol. The van der Waals surface area contributed by atoms with Gasteiger partial charge in [0.2, 0.25) is 23.6 Å². The topological polar surface area (TPSA) is 244 Å². The van der Waals surface area contributed by atoms with Crippen LogP contribution in [0.2, 0.25) is 0 Å². The molecule has 9 N–H and O–H groups in total. The Hall–Kier alpha value is -4.64. The van der Waals surface area contributed by atoms with Crippen LogP contribution in [0.4, 0.5) is 4.79 Å². The number of aliphatic hydroxyl groups is 1. The Morgan fingerprint density at radius 1 is 0.769 bits per heavy atom. The minimum absolute atomic E-state index is 0.0834. The number of carbonyl (C=O) groups is 6. The molecule has 1 aliphatic carbocycles. The number of fused-ring (bicyclic) bond motifs is 1. The summed E-state index contributed by atoms with van der Waals surface area (Å²) < 4.78 is 0. The third-order valence-electron chi connectivity index (χ3n) is 13.0. The fourth-order valence-electron chi connectivity index (χ4n) is 9.35. The first kappa shape index (κ1) is 51.3. The van der Waals surface area contributed by atoms with E-state index in [1.165, 1.54) is 6.33 Å². The van der Waals surface area contributed by atoms with Gasteiger partial charge in [0.05, 0.1) is 37.0 Å². The minimum atomic E-state index is -1.15. The van der Waals surface area contributed by atoms with Crippen LogP contribution in [0.3, 0.4) is 0 Å². The Morgan fingerprint density at radius 2 is 1.45 bits per heavy atom. The molecule has 0 bridgehead atoms. The number of imidazole rings is 1. The van der Waals surface area contributed by atoms with Crippen LogP contribution in [0.15, 0.2) is 42.9 Å². The Labute approximate surface area is 388 Å². The second kappa shape index (κ2) is 28.4. The average Bonchev–Trinajstić information content (AvgIpc) is 4.04. The van der Waals surface area contributed by atoms with E-state index in [9.17, 15) is 33.9 Å². The lowest BCUT2D eigenvalue weighted by Gasteiger charge is -2.31. The predicted octanol–water partition coefficient (Wildman–Crippen LogP) is 5.20. The second-order valence-corrected chi connectivity index (χ2v) is 19.6. The van der Waals surface area contributed by atoms with Gasteiger partial charge in [0.15, 0.2) is 0 Å². The first-order chi connectivity index (χ1) is 31.5. The number of amides is 6. The van der Waals surface area contributed by atoms with Gasteiger partial charge in [-0.3, -0.25) is 24.0 Å². The molecule has 1 aromatic heterocycles. The molecule has 5 rings (SSSR count). The molecule has 0 radical (unpaired) electrons. The number of rotatable bonds is 31. The summed E-state index contributed by atoms with van der Waals surface area (Å²) in [5, 5.41) is 38.4. The Bertz CT molecular complexity index is 1760. The lowest BCUT2D eigenvalue weighted by Crippen LogP contribution is -2.57. The predicted molar refractivity (Wildman–Crippen MR) is 251 cm³/mol. The lowest BCUT2D eigenvalue weighted by atomic mass is 9.83. The second-order valence-electron chi connectivity index (χ2n) is 18.3. The molecule has 7 atom stereocenters. The van der Waals surface area contributed by atoms with Gasteiger partial charge in [-0.25, -0.2) is 9.78 Å². The third-order valence-corrected chi connectivity index (χ3v) is 14.5. The van der Waals surface area contributed by atoms with Crippen LogP contribution in [-0.4, -0.2) is 110 Å². The van der Waals surface area contributed by atoms with Crippen molar-refractivity contribution in [3.63, 3.8) is 0 Å². The number of urea groups is 1. The van der Waals surface area contributed by atoms with Gasteiger partial charge in [0.1, 0.15) is 12.1 Å². The van der Waals surface area contributed by atoms with Crippen molar-refractivity contribution in [2.24, 2.45) is 5.92 Å². The molecule has 3 fully saturated rings. The molecule has 3 unspecified atom stereocenters. The van der Waals surface area contributed by atoms with Gasteiger partial charge in [0.25, 0.3) is 0 Å². The summed E-state index contributed by atoms with van der Waals surface area (Å²) in [7, 11) is 0. The summed E-state index contributed by atoms with van der Waals surface area (Å²) in [5.74, 6) is -1.17. The van der Waals surface area contributed by atoms with Crippen molar-refractivity contribution < 1.29 is 39.0 Å². The average molecular weight is 923 g/mol.